The molecule has 0 radical (unpaired) electrons. The smallest absolute Gasteiger partial charge is 0.244 e. The van der Waals surface area contributed by atoms with Gasteiger partial charge in [-0.25, -0.2) is 14.6 Å². The van der Waals surface area contributed by atoms with Crippen molar-refractivity contribution >= 4 is 5.91 Å². The van der Waals surface area contributed by atoms with Gasteiger partial charge in [0.15, 0.2) is 0 Å². The summed E-state index contributed by atoms with van der Waals surface area (Å²) < 4.78 is 7.41. The number of hydrogen-bond acceptors (Lipinski definition) is 5. The lowest BCUT2D eigenvalue weighted by atomic mass is 10.2. The number of hydrogen-bond donors (Lipinski definition) is 1. The number of aromatic nitrogens is 4. The molecule has 2 aromatic rings. The predicted molar refractivity (Wildman–Crippen MR) is 83.7 cm³/mol. The van der Waals surface area contributed by atoms with E-state index < -0.39 is 6.04 Å². The van der Waals surface area contributed by atoms with Gasteiger partial charge in [0.05, 0.1) is 0 Å². The van der Waals surface area contributed by atoms with Crippen molar-refractivity contribution in [1.29, 1.82) is 0 Å². The molecule has 1 fully saturated rings. The topological polar surface area (TPSA) is 81.9 Å². The van der Waals surface area contributed by atoms with E-state index in [1.54, 1.807) is 13.1 Å². The van der Waals surface area contributed by atoms with E-state index in [1.165, 1.54) is 30.2 Å². The van der Waals surface area contributed by atoms with Gasteiger partial charge in [0.1, 0.15) is 24.8 Å². The molecule has 1 saturated carbocycles. The third-order valence-corrected chi connectivity index (χ3v) is 4.07. The molecule has 2 heterocycles. The molecule has 1 N–H and O–H groups in total. The molecule has 23 heavy (non-hydrogen) atoms. The van der Waals surface area contributed by atoms with Crippen LogP contribution in [0.2, 0.25) is 0 Å². The number of pyridine rings is 1. The Labute approximate surface area is 135 Å². The zero-order valence-electron chi connectivity index (χ0n) is 13.2. The van der Waals surface area contributed by atoms with Gasteiger partial charge in [-0.05, 0) is 44.2 Å². The quantitative estimate of drug-likeness (QED) is 0.880. The Morgan fingerprint density at radius 1 is 1.48 bits per heavy atom. The molecule has 7 heteroatoms. The first-order valence-corrected chi connectivity index (χ1v) is 7.96. The number of carbonyl (C=O) groups is 1. The Morgan fingerprint density at radius 3 is 3.04 bits per heavy atom. The van der Waals surface area contributed by atoms with Crippen molar-refractivity contribution in [3.63, 3.8) is 0 Å². The fourth-order valence-corrected chi connectivity index (χ4v) is 2.68. The Balaban J connectivity index is 1.54. The third kappa shape index (κ3) is 4.06. The molecule has 3 rings (SSSR count). The highest BCUT2D eigenvalue weighted by molar-refractivity contribution is 5.79. The van der Waals surface area contributed by atoms with E-state index in [0.29, 0.717) is 12.4 Å². The lowest BCUT2D eigenvalue weighted by Gasteiger charge is -2.14. The number of rotatable bonds is 6. The van der Waals surface area contributed by atoms with Gasteiger partial charge in [0, 0.05) is 18.8 Å². The summed E-state index contributed by atoms with van der Waals surface area (Å²) in [5, 5.41) is 6.88. The number of nitrogens with zero attached hydrogens (tertiary/aromatic N) is 4. The van der Waals surface area contributed by atoms with Crippen molar-refractivity contribution in [2.24, 2.45) is 0 Å². The third-order valence-electron chi connectivity index (χ3n) is 4.07. The summed E-state index contributed by atoms with van der Waals surface area (Å²) in [6, 6.07) is 3.37. The first-order valence-electron chi connectivity index (χ1n) is 7.96. The molecule has 0 saturated heterocycles. The first kappa shape index (κ1) is 15.5. The number of nitrogens with one attached hydrogen (secondary N) is 1. The van der Waals surface area contributed by atoms with Crippen molar-refractivity contribution < 1.29 is 9.53 Å². The molecule has 1 aliphatic rings. The van der Waals surface area contributed by atoms with Crippen LogP contribution in [-0.4, -0.2) is 31.8 Å². The fourth-order valence-electron chi connectivity index (χ4n) is 2.68. The summed E-state index contributed by atoms with van der Waals surface area (Å²) in [7, 11) is 0. The summed E-state index contributed by atoms with van der Waals surface area (Å²) in [6.07, 6.45) is 9.58. The molecule has 7 nitrogen and oxygen atoms in total. The number of amides is 1. The fraction of sp³-hybridized carbons (Fsp3) is 0.500. The van der Waals surface area contributed by atoms with Crippen molar-refractivity contribution in [2.45, 2.75) is 51.3 Å². The van der Waals surface area contributed by atoms with Crippen molar-refractivity contribution in [1.82, 2.24) is 25.1 Å². The molecule has 1 atom stereocenters. The summed E-state index contributed by atoms with van der Waals surface area (Å²) in [5.74, 6) is 0.526. The second-order valence-electron chi connectivity index (χ2n) is 5.80. The summed E-state index contributed by atoms with van der Waals surface area (Å²) in [6.45, 7) is 2.21. The van der Waals surface area contributed by atoms with Gasteiger partial charge in [0.25, 0.3) is 0 Å². The molecule has 0 aliphatic heterocycles. The van der Waals surface area contributed by atoms with Crippen LogP contribution in [0.5, 0.6) is 5.88 Å². The highest BCUT2D eigenvalue weighted by Crippen LogP contribution is 2.23. The van der Waals surface area contributed by atoms with E-state index in [2.05, 4.69) is 20.4 Å². The van der Waals surface area contributed by atoms with Crippen LogP contribution in [0.4, 0.5) is 0 Å². The Bertz CT molecular complexity index is 638. The zero-order valence-corrected chi connectivity index (χ0v) is 13.2. The number of carbonyl (C=O) groups excluding carboxylic acids is 1. The summed E-state index contributed by atoms with van der Waals surface area (Å²) in [4.78, 5) is 20.2. The standard InChI is InChI=1S/C16H21N5O2/c1-12(21-11-17-10-20-21)16(22)19-9-13-6-7-18-15(8-13)23-14-4-2-3-5-14/h6-8,10-12,14H,2-5,9H2,1H3,(H,19,22)/t12-/m0/s1. The largest absolute Gasteiger partial charge is 0.474 e. The molecule has 1 aliphatic carbocycles. The van der Waals surface area contributed by atoms with Crippen LogP contribution in [0.25, 0.3) is 0 Å². The lowest BCUT2D eigenvalue weighted by Crippen LogP contribution is -2.30. The minimum Gasteiger partial charge on any atom is -0.474 e. The maximum Gasteiger partial charge on any atom is 0.244 e. The molecular weight excluding hydrogens is 294 g/mol. The van der Waals surface area contributed by atoms with Gasteiger partial charge in [0.2, 0.25) is 11.8 Å². The monoisotopic (exact) mass is 315 g/mol. The first-order chi connectivity index (χ1) is 11.2. The highest BCUT2D eigenvalue weighted by Gasteiger charge is 2.17. The van der Waals surface area contributed by atoms with E-state index in [-0.39, 0.29) is 12.0 Å². The second-order valence-corrected chi connectivity index (χ2v) is 5.80. The van der Waals surface area contributed by atoms with E-state index >= 15 is 0 Å². The molecule has 2 aromatic heterocycles. The molecule has 0 spiro atoms. The summed E-state index contributed by atoms with van der Waals surface area (Å²) in [5.41, 5.74) is 0.965. The van der Waals surface area contributed by atoms with Crippen LogP contribution >= 0.6 is 0 Å². The maximum atomic E-state index is 12.1. The van der Waals surface area contributed by atoms with Gasteiger partial charge >= 0.3 is 0 Å². The Morgan fingerprint density at radius 2 is 2.30 bits per heavy atom. The van der Waals surface area contributed by atoms with Crippen LogP contribution in [-0.2, 0) is 11.3 Å². The highest BCUT2D eigenvalue weighted by atomic mass is 16.5. The molecule has 122 valence electrons. The van der Waals surface area contributed by atoms with Crippen molar-refractivity contribution in [3.8, 4) is 5.88 Å². The number of ether oxygens (including phenoxy) is 1. The van der Waals surface area contributed by atoms with Crippen LogP contribution in [0.3, 0.4) is 0 Å². The average Bonchev–Trinajstić information content (AvgIpc) is 3.25. The van der Waals surface area contributed by atoms with Crippen molar-refractivity contribution in [3.05, 3.63) is 36.5 Å². The molecule has 0 unspecified atom stereocenters. The SMILES string of the molecule is C[C@@H](C(=O)NCc1ccnc(OC2CCCC2)c1)n1cncn1. The van der Waals surface area contributed by atoms with Gasteiger partial charge in [-0.3, -0.25) is 4.79 Å². The molecular formula is C16H21N5O2. The Kier molecular flexibility index (Phi) is 4.85. The van der Waals surface area contributed by atoms with E-state index in [9.17, 15) is 4.79 Å². The van der Waals surface area contributed by atoms with Crippen molar-refractivity contribution in [2.75, 3.05) is 0 Å². The maximum absolute atomic E-state index is 12.1. The molecule has 0 bridgehead atoms. The molecule has 1 amide bonds. The normalized spacial score (nSPS) is 16.2. The van der Waals surface area contributed by atoms with E-state index in [0.717, 1.165) is 18.4 Å². The average molecular weight is 315 g/mol. The van der Waals surface area contributed by atoms with Crippen LogP contribution in [0.15, 0.2) is 31.0 Å². The van der Waals surface area contributed by atoms with Crippen LogP contribution in [0, 0.1) is 0 Å². The lowest BCUT2D eigenvalue weighted by molar-refractivity contribution is -0.124. The van der Waals surface area contributed by atoms with Gasteiger partial charge in [-0.2, -0.15) is 5.10 Å². The minimum atomic E-state index is -0.395. The Hall–Kier alpha value is -2.44. The van der Waals surface area contributed by atoms with Crippen LogP contribution < -0.4 is 10.1 Å². The predicted octanol–water partition coefficient (Wildman–Crippen LogP) is 1.87. The van der Waals surface area contributed by atoms with Gasteiger partial charge in [-0.1, -0.05) is 0 Å². The molecule has 0 aromatic carbocycles. The van der Waals surface area contributed by atoms with Crippen LogP contribution in [0.1, 0.15) is 44.2 Å². The second kappa shape index (κ2) is 7.21. The van der Waals surface area contributed by atoms with E-state index in [1.807, 2.05) is 12.1 Å². The summed E-state index contributed by atoms with van der Waals surface area (Å²) >= 11 is 0. The zero-order chi connectivity index (χ0) is 16.1. The van der Waals surface area contributed by atoms with E-state index in [4.69, 9.17) is 4.74 Å². The van der Waals surface area contributed by atoms with Gasteiger partial charge < -0.3 is 10.1 Å². The minimum absolute atomic E-state index is 0.106. The van der Waals surface area contributed by atoms with Gasteiger partial charge in [-0.15, -0.1) is 0 Å².